The van der Waals surface area contributed by atoms with Gasteiger partial charge in [-0.15, -0.1) is 0 Å². The fourth-order valence-corrected chi connectivity index (χ4v) is 2.75. The molecular formula is C17H24ClN3O2. The number of anilines is 1. The van der Waals surface area contributed by atoms with Crippen LogP contribution in [0, 0.1) is 5.92 Å². The second-order valence-electron chi connectivity index (χ2n) is 6.36. The van der Waals surface area contributed by atoms with Crippen LogP contribution in [0.1, 0.15) is 33.1 Å². The van der Waals surface area contributed by atoms with Gasteiger partial charge >= 0.3 is 6.03 Å². The lowest BCUT2D eigenvalue weighted by Crippen LogP contribution is -2.47. The summed E-state index contributed by atoms with van der Waals surface area (Å²) in [6.45, 7) is 5.35. The summed E-state index contributed by atoms with van der Waals surface area (Å²) in [4.78, 5) is 25.8. The Kier molecular flexibility index (Phi) is 6.28. The van der Waals surface area contributed by atoms with Crippen molar-refractivity contribution in [3.8, 4) is 0 Å². The summed E-state index contributed by atoms with van der Waals surface area (Å²) in [5, 5.41) is 6.55. The summed E-state index contributed by atoms with van der Waals surface area (Å²) in [7, 11) is 0. The van der Waals surface area contributed by atoms with Gasteiger partial charge < -0.3 is 15.5 Å². The smallest absolute Gasteiger partial charge is 0.321 e. The van der Waals surface area contributed by atoms with Crippen molar-refractivity contribution < 1.29 is 9.59 Å². The molecule has 5 nitrogen and oxygen atoms in total. The average Bonchev–Trinajstić information content (AvgIpc) is 2.49. The van der Waals surface area contributed by atoms with E-state index in [1.165, 1.54) is 0 Å². The number of halogens is 1. The lowest BCUT2D eigenvalue weighted by atomic mass is 10.0. The minimum absolute atomic E-state index is 0.101. The second-order valence-corrected chi connectivity index (χ2v) is 6.80. The number of nitrogens with one attached hydrogen (secondary N) is 2. The molecule has 126 valence electrons. The van der Waals surface area contributed by atoms with Crippen LogP contribution in [0.15, 0.2) is 24.3 Å². The Bertz CT molecular complexity index is 537. The maximum absolute atomic E-state index is 12.2. The van der Waals surface area contributed by atoms with Crippen molar-refractivity contribution in [3.63, 3.8) is 0 Å². The molecule has 2 rings (SSSR count). The number of likely N-dealkylation sites (tertiary alicyclic amines) is 1. The van der Waals surface area contributed by atoms with Gasteiger partial charge in [-0.25, -0.2) is 4.79 Å². The molecule has 0 spiro atoms. The van der Waals surface area contributed by atoms with Gasteiger partial charge in [0.05, 0.1) is 0 Å². The monoisotopic (exact) mass is 337 g/mol. The van der Waals surface area contributed by atoms with Gasteiger partial charge in [-0.2, -0.15) is 0 Å². The van der Waals surface area contributed by atoms with Crippen molar-refractivity contribution in [1.29, 1.82) is 0 Å². The molecule has 0 aliphatic carbocycles. The topological polar surface area (TPSA) is 61.4 Å². The van der Waals surface area contributed by atoms with E-state index < -0.39 is 0 Å². The summed E-state index contributed by atoms with van der Waals surface area (Å²) in [6.07, 6.45) is 2.13. The Morgan fingerprint density at radius 2 is 1.83 bits per heavy atom. The van der Waals surface area contributed by atoms with Gasteiger partial charge in [0.2, 0.25) is 5.91 Å². The molecule has 1 heterocycles. The first-order valence-electron chi connectivity index (χ1n) is 8.05. The fraction of sp³-hybridized carbons (Fsp3) is 0.529. The first kappa shape index (κ1) is 17.6. The highest BCUT2D eigenvalue weighted by Gasteiger charge is 2.24. The molecule has 1 aromatic carbocycles. The number of carbonyl (C=O) groups is 2. The van der Waals surface area contributed by atoms with E-state index in [9.17, 15) is 9.59 Å². The maximum Gasteiger partial charge on any atom is 0.321 e. The highest BCUT2D eigenvalue weighted by atomic mass is 35.5. The van der Waals surface area contributed by atoms with E-state index >= 15 is 0 Å². The molecule has 0 unspecified atom stereocenters. The van der Waals surface area contributed by atoms with Gasteiger partial charge in [0, 0.05) is 36.3 Å². The van der Waals surface area contributed by atoms with E-state index in [1.54, 1.807) is 29.2 Å². The van der Waals surface area contributed by atoms with E-state index in [0.717, 1.165) is 18.5 Å². The van der Waals surface area contributed by atoms with E-state index in [4.69, 9.17) is 11.6 Å². The molecular weight excluding hydrogens is 314 g/mol. The summed E-state index contributed by atoms with van der Waals surface area (Å²) >= 11 is 5.83. The van der Waals surface area contributed by atoms with Crippen LogP contribution in [-0.2, 0) is 4.79 Å². The number of benzene rings is 1. The molecule has 1 saturated heterocycles. The van der Waals surface area contributed by atoms with Crippen LogP contribution in [0.3, 0.4) is 0 Å². The summed E-state index contributed by atoms with van der Waals surface area (Å²) in [5.74, 6) is 0.462. The molecule has 23 heavy (non-hydrogen) atoms. The Morgan fingerprint density at radius 3 is 2.39 bits per heavy atom. The fourth-order valence-electron chi connectivity index (χ4n) is 2.62. The SMILES string of the molecule is CC(C)CC(=O)NC1CCN(C(=O)Nc2ccc(Cl)cc2)CC1. The summed E-state index contributed by atoms with van der Waals surface area (Å²) in [6, 6.07) is 7.10. The van der Waals surface area contributed by atoms with Crippen LogP contribution >= 0.6 is 11.6 Å². The third-order valence-corrected chi connectivity index (χ3v) is 4.09. The Morgan fingerprint density at radius 1 is 1.22 bits per heavy atom. The minimum Gasteiger partial charge on any atom is -0.353 e. The van der Waals surface area contributed by atoms with E-state index in [0.29, 0.717) is 30.5 Å². The van der Waals surface area contributed by atoms with Crippen LogP contribution in [0.5, 0.6) is 0 Å². The van der Waals surface area contributed by atoms with Crippen molar-refractivity contribution in [1.82, 2.24) is 10.2 Å². The number of hydrogen-bond acceptors (Lipinski definition) is 2. The van der Waals surface area contributed by atoms with E-state index in [1.807, 2.05) is 13.8 Å². The molecule has 6 heteroatoms. The number of nitrogens with zero attached hydrogens (tertiary/aromatic N) is 1. The lowest BCUT2D eigenvalue weighted by molar-refractivity contribution is -0.122. The summed E-state index contributed by atoms with van der Waals surface area (Å²) < 4.78 is 0. The molecule has 0 radical (unpaired) electrons. The second kappa shape index (κ2) is 8.20. The molecule has 0 atom stereocenters. The Balaban J connectivity index is 1.76. The van der Waals surface area contributed by atoms with Crippen LogP contribution in [0.25, 0.3) is 0 Å². The Labute approximate surface area is 142 Å². The molecule has 0 bridgehead atoms. The number of urea groups is 1. The van der Waals surface area contributed by atoms with Gasteiger partial charge in [0.15, 0.2) is 0 Å². The molecule has 1 aromatic rings. The van der Waals surface area contributed by atoms with Crippen molar-refractivity contribution >= 4 is 29.2 Å². The normalized spacial score (nSPS) is 15.6. The van der Waals surface area contributed by atoms with E-state index in [-0.39, 0.29) is 18.0 Å². The van der Waals surface area contributed by atoms with Gasteiger partial charge in [-0.05, 0) is 43.0 Å². The molecule has 2 N–H and O–H groups in total. The zero-order valence-corrected chi connectivity index (χ0v) is 14.4. The molecule has 0 saturated carbocycles. The van der Waals surface area contributed by atoms with Crippen molar-refractivity contribution in [2.24, 2.45) is 5.92 Å². The van der Waals surface area contributed by atoms with Crippen LogP contribution in [0.4, 0.5) is 10.5 Å². The van der Waals surface area contributed by atoms with E-state index in [2.05, 4.69) is 10.6 Å². The number of rotatable bonds is 4. The van der Waals surface area contributed by atoms with Gasteiger partial charge in [-0.3, -0.25) is 4.79 Å². The molecule has 1 aliphatic heterocycles. The predicted molar refractivity (Wildman–Crippen MR) is 92.7 cm³/mol. The van der Waals surface area contributed by atoms with Gasteiger partial charge in [-0.1, -0.05) is 25.4 Å². The van der Waals surface area contributed by atoms with Crippen molar-refractivity contribution in [3.05, 3.63) is 29.3 Å². The van der Waals surface area contributed by atoms with Gasteiger partial charge in [0.1, 0.15) is 0 Å². The largest absolute Gasteiger partial charge is 0.353 e. The standard InChI is InChI=1S/C17H24ClN3O2/c1-12(2)11-16(22)19-15-7-9-21(10-8-15)17(23)20-14-5-3-13(18)4-6-14/h3-6,12,15H,7-11H2,1-2H3,(H,19,22)(H,20,23). The molecule has 3 amide bonds. The maximum atomic E-state index is 12.2. The van der Waals surface area contributed by atoms with Crippen molar-refractivity contribution in [2.75, 3.05) is 18.4 Å². The highest BCUT2D eigenvalue weighted by Crippen LogP contribution is 2.16. The average molecular weight is 338 g/mol. The van der Waals surface area contributed by atoms with Crippen LogP contribution in [-0.4, -0.2) is 36.0 Å². The molecule has 1 fully saturated rings. The first-order chi connectivity index (χ1) is 10.9. The summed E-state index contributed by atoms with van der Waals surface area (Å²) in [5.41, 5.74) is 0.728. The van der Waals surface area contributed by atoms with Crippen LogP contribution in [0.2, 0.25) is 5.02 Å². The zero-order chi connectivity index (χ0) is 16.8. The van der Waals surface area contributed by atoms with Crippen LogP contribution < -0.4 is 10.6 Å². The quantitative estimate of drug-likeness (QED) is 0.883. The highest BCUT2D eigenvalue weighted by molar-refractivity contribution is 6.30. The zero-order valence-electron chi connectivity index (χ0n) is 13.6. The lowest BCUT2D eigenvalue weighted by Gasteiger charge is -2.32. The number of hydrogen-bond donors (Lipinski definition) is 2. The first-order valence-corrected chi connectivity index (χ1v) is 8.42. The van der Waals surface area contributed by atoms with Gasteiger partial charge in [0.25, 0.3) is 0 Å². The number of piperidine rings is 1. The third-order valence-electron chi connectivity index (χ3n) is 3.84. The number of carbonyl (C=O) groups excluding carboxylic acids is 2. The third kappa shape index (κ3) is 5.75. The Hall–Kier alpha value is -1.75. The van der Waals surface area contributed by atoms with Crippen molar-refractivity contribution in [2.45, 2.75) is 39.2 Å². The predicted octanol–water partition coefficient (Wildman–Crippen LogP) is 3.50. The molecule has 0 aromatic heterocycles. The number of amides is 3. The minimum atomic E-state index is -0.112. The molecule has 1 aliphatic rings.